The molecule has 0 saturated carbocycles. The van der Waals surface area contributed by atoms with E-state index in [1.165, 1.54) is 16.0 Å². The largest absolute Gasteiger partial charge is 0.309 e. The van der Waals surface area contributed by atoms with Crippen molar-refractivity contribution >= 4 is 50.5 Å². The Hall–Kier alpha value is -0.0600. The summed E-state index contributed by atoms with van der Waals surface area (Å²) in [5, 5.41) is 4.08. The summed E-state index contributed by atoms with van der Waals surface area (Å²) in [6, 6.07) is 8.14. The van der Waals surface area contributed by atoms with Crippen molar-refractivity contribution in [3.63, 3.8) is 0 Å². The summed E-state index contributed by atoms with van der Waals surface area (Å²) in [6.07, 6.45) is 0. The van der Waals surface area contributed by atoms with Gasteiger partial charge in [-0.2, -0.15) is 0 Å². The van der Waals surface area contributed by atoms with Crippen LogP contribution in [-0.2, 0) is 0 Å². The van der Waals surface area contributed by atoms with E-state index in [0.29, 0.717) is 0 Å². The SMILES string of the molecule is CNC(c1cc(Br)c(Cl)s1)c1ccc(Cl)cc1C. The maximum absolute atomic E-state index is 6.11. The number of aryl methyl sites for hydroxylation is 1. The Labute approximate surface area is 129 Å². The van der Waals surface area contributed by atoms with Gasteiger partial charge in [0.2, 0.25) is 0 Å². The van der Waals surface area contributed by atoms with Crippen LogP contribution in [0.2, 0.25) is 9.36 Å². The molecule has 18 heavy (non-hydrogen) atoms. The van der Waals surface area contributed by atoms with E-state index >= 15 is 0 Å². The molecule has 0 fully saturated rings. The normalized spacial score (nSPS) is 12.7. The lowest BCUT2D eigenvalue weighted by atomic mass is 10.0. The van der Waals surface area contributed by atoms with Crippen LogP contribution in [0, 0.1) is 6.92 Å². The smallest absolute Gasteiger partial charge is 0.107 e. The molecule has 1 aromatic carbocycles. The highest BCUT2D eigenvalue weighted by Crippen LogP contribution is 2.38. The quantitative estimate of drug-likeness (QED) is 0.765. The highest BCUT2D eigenvalue weighted by Gasteiger charge is 2.18. The molecule has 0 radical (unpaired) electrons. The molecule has 96 valence electrons. The first-order valence-corrected chi connectivity index (χ1v) is 7.77. The molecule has 1 N–H and O–H groups in total. The van der Waals surface area contributed by atoms with Gasteiger partial charge in [-0.1, -0.05) is 29.3 Å². The van der Waals surface area contributed by atoms with Gasteiger partial charge in [0.1, 0.15) is 4.34 Å². The van der Waals surface area contributed by atoms with Crippen molar-refractivity contribution in [3.05, 3.63) is 54.1 Å². The highest BCUT2D eigenvalue weighted by atomic mass is 79.9. The van der Waals surface area contributed by atoms with Gasteiger partial charge in [0.15, 0.2) is 0 Å². The van der Waals surface area contributed by atoms with E-state index in [-0.39, 0.29) is 6.04 Å². The first-order valence-electron chi connectivity index (χ1n) is 5.41. The fourth-order valence-electron chi connectivity index (χ4n) is 1.92. The lowest BCUT2D eigenvalue weighted by Gasteiger charge is -2.17. The molecule has 0 aliphatic carbocycles. The van der Waals surface area contributed by atoms with Crippen molar-refractivity contribution < 1.29 is 0 Å². The molecule has 5 heteroatoms. The zero-order valence-corrected chi connectivity index (χ0v) is 13.8. The summed E-state index contributed by atoms with van der Waals surface area (Å²) in [5.74, 6) is 0. The lowest BCUT2D eigenvalue weighted by molar-refractivity contribution is 0.699. The average molecular weight is 365 g/mol. The Morgan fingerprint density at radius 3 is 2.50 bits per heavy atom. The molecule has 0 amide bonds. The van der Waals surface area contributed by atoms with Gasteiger partial charge in [0, 0.05) is 14.4 Å². The third-order valence-corrected chi connectivity index (χ3v) is 5.55. The summed E-state index contributed by atoms with van der Waals surface area (Å²) in [5.41, 5.74) is 2.38. The van der Waals surface area contributed by atoms with Gasteiger partial charge >= 0.3 is 0 Å². The third kappa shape index (κ3) is 2.91. The zero-order chi connectivity index (χ0) is 13.3. The standard InChI is InChI=1S/C13H12BrCl2NS/c1-7-5-8(15)3-4-9(7)12(17-2)11-6-10(14)13(16)18-11/h3-6,12,17H,1-2H3. The monoisotopic (exact) mass is 363 g/mol. The van der Waals surface area contributed by atoms with Gasteiger partial charge < -0.3 is 5.32 Å². The summed E-state index contributed by atoms with van der Waals surface area (Å²) < 4.78 is 1.72. The minimum atomic E-state index is 0.135. The summed E-state index contributed by atoms with van der Waals surface area (Å²) in [4.78, 5) is 1.18. The Bertz CT molecular complexity index is 549. The van der Waals surface area contributed by atoms with E-state index in [1.54, 1.807) is 11.3 Å². The van der Waals surface area contributed by atoms with Crippen molar-refractivity contribution in [2.75, 3.05) is 7.05 Å². The molecular formula is C13H12BrCl2NS. The van der Waals surface area contributed by atoms with Crippen LogP contribution in [0.3, 0.4) is 0 Å². The fraction of sp³-hybridized carbons (Fsp3) is 0.231. The van der Waals surface area contributed by atoms with Crippen LogP contribution < -0.4 is 5.32 Å². The molecule has 0 bridgehead atoms. The topological polar surface area (TPSA) is 12.0 Å². The number of benzene rings is 1. The highest BCUT2D eigenvalue weighted by molar-refractivity contribution is 9.10. The number of thiophene rings is 1. The van der Waals surface area contributed by atoms with E-state index in [1.807, 2.05) is 19.2 Å². The lowest BCUT2D eigenvalue weighted by Crippen LogP contribution is -2.17. The van der Waals surface area contributed by atoms with Crippen LogP contribution in [0.1, 0.15) is 22.0 Å². The number of halogens is 3. The molecule has 0 saturated heterocycles. The summed E-state index contributed by atoms with van der Waals surface area (Å²) in [6.45, 7) is 2.07. The molecule has 1 atom stereocenters. The van der Waals surface area contributed by atoms with Crippen LogP contribution in [-0.4, -0.2) is 7.05 Å². The van der Waals surface area contributed by atoms with Crippen LogP contribution in [0.15, 0.2) is 28.7 Å². The predicted molar refractivity (Wildman–Crippen MR) is 84.1 cm³/mol. The summed E-state index contributed by atoms with van der Waals surface area (Å²) >= 11 is 17.1. The third-order valence-electron chi connectivity index (χ3n) is 2.78. The minimum absolute atomic E-state index is 0.135. The molecule has 0 aliphatic heterocycles. The second-order valence-electron chi connectivity index (χ2n) is 3.99. The molecule has 1 nitrogen and oxygen atoms in total. The molecular weight excluding hydrogens is 353 g/mol. The van der Waals surface area contributed by atoms with E-state index in [2.05, 4.69) is 40.3 Å². The van der Waals surface area contributed by atoms with Crippen molar-refractivity contribution in [2.45, 2.75) is 13.0 Å². The van der Waals surface area contributed by atoms with Crippen LogP contribution in [0.4, 0.5) is 0 Å². The van der Waals surface area contributed by atoms with E-state index in [0.717, 1.165) is 13.8 Å². The van der Waals surface area contributed by atoms with E-state index in [9.17, 15) is 0 Å². The van der Waals surface area contributed by atoms with Gasteiger partial charge in [-0.15, -0.1) is 11.3 Å². The zero-order valence-electron chi connectivity index (χ0n) is 9.93. The fourth-order valence-corrected chi connectivity index (χ4v) is 4.01. The molecule has 1 unspecified atom stereocenters. The summed E-state index contributed by atoms with van der Waals surface area (Å²) in [7, 11) is 1.94. The van der Waals surface area contributed by atoms with Crippen LogP contribution in [0.5, 0.6) is 0 Å². The van der Waals surface area contributed by atoms with Crippen molar-refractivity contribution in [3.8, 4) is 0 Å². The Morgan fingerprint density at radius 1 is 1.28 bits per heavy atom. The van der Waals surface area contributed by atoms with Gasteiger partial charge in [-0.3, -0.25) is 0 Å². The second kappa shape index (κ2) is 5.93. The van der Waals surface area contributed by atoms with Gasteiger partial charge in [-0.05, 0) is 59.2 Å². The van der Waals surface area contributed by atoms with Crippen LogP contribution in [0.25, 0.3) is 0 Å². The Kier molecular flexibility index (Phi) is 4.73. The van der Waals surface area contributed by atoms with Crippen molar-refractivity contribution in [1.29, 1.82) is 0 Å². The second-order valence-corrected chi connectivity index (χ2v) is 6.97. The first kappa shape index (κ1) is 14.4. The molecule has 2 aromatic rings. The van der Waals surface area contributed by atoms with Crippen molar-refractivity contribution in [1.82, 2.24) is 5.32 Å². The van der Waals surface area contributed by atoms with Gasteiger partial charge in [-0.25, -0.2) is 0 Å². The molecule has 0 spiro atoms. The van der Waals surface area contributed by atoms with E-state index in [4.69, 9.17) is 23.2 Å². The minimum Gasteiger partial charge on any atom is -0.309 e. The number of hydrogen-bond donors (Lipinski definition) is 1. The molecule has 1 heterocycles. The van der Waals surface area contributed by atoms with Gasteiger partial charge in [0.25, 0.3) is 0 Å². The van der Waals surface area contributed by atoms with Crippen molar-refractivity contribution in [2.24, 2.45) is 0 Å². The Balaban J connectivity index is 2.45. The maximum Gasteiger partial charge on any atom is 0.107 e. The Morgan fingerprint density at radius 2 is 2.00 bits per heavy atom. The number of hydrogen-bond acceptors (Lipinski definition) is 2. The maximum atomic E-state index is 6.11. The molecule has 0 aliphatic rings. The average Bonchev–Trinajstić information content (AvgIpc) is 2.63. The van der Waals surface area contributed by atoms with E-state index < -0.39 is 0 Å². The first-order chi connectivity index (χ1) is 8.52. The van der Waals surface area contributed by atoms with Crippen LogP contribution >= 0.6 is 50.5 Å². The molecule has 2 rings (SSSR count). The molecule has 1 aromatic heterocycles. The number of nitrogens with one attached hydrogen (secondary N) is 1. The predicted octanol–water partition coefficient (Wildman–Crippen LogP) is 5.43. The number of rotatable bonds is 3. The van der Waals surface area contributed by atoms with Gasteiger partial charge in [0.05, 0.1) is 6.04 Å².